The average molecular weight is 913 g/mol. The number of carboxylic acids is 1. The summed E-state index contributed by atoms with van der Waals surface area (Å²) in [6.07, 6.45) is -3.78. The maximum Gasteiger partial charge on any atom is 0.326 e. The molecule has 3 aromatic rings. The molecule has 0 spiro atoms. The van der Waals surface area contributed by atoms with Crippen LogP contribution in [-0.2, 0) is 56.0 Å². The number of phenolic OH excluding ortho intramolecular Hbond substituents is 1. The van der Waals surface area contributed by atoms with Crippen LogP contribution >= 0.6 is 0 Å². The smallest absolute Gasteiger partial charge is 0.326 e. The van der Waals surface area contributed by atoms with E-state index in [9.17, 15) is 68.7 Å². The van der Waals surface area contributed by atoms with E-state index in [1.54, 1.807) is 30.5 Å². The number of phenols is 1. The van der Waals surface area contributed by atoms with Crippen LogP contribution in [0.1, 0.15) is 50.7 Å². The minimum atomic E-state index is -1.87. The van der Waals surface area contributed by atoms with Gasteiger partial charge in [-0.3, -0.25) is 38.4 Å². The minimum Gasteiger partial charge on any atom is -0.508 e. The number of fused-ring (bicyclic) bond motifs is 1. The normalized spacial score (nSPS) is 15.3. The monoisotopic (exact) mass is 912 g/mol. The highest BCUT2D eigenvalue weighted by molar-refractivity contribution is 5.98. The van der Waals surface area contributed by atoms with Crippen molar-refractivity contribution in [2.24, 2.45) is 17.2 Å². The Kier molecular flexibility index (Phi) is 19.8. The predicted molar refractivity (Wildman–Crippen MR) is 228 cm³/mol. The molecule has 0 unspecified atom stereocenters. The molecule has 24 nitrogen and oxygen atoms in total. The predicted octanol–water partition coefficient (Wildman–Crippen LogP) is -4.74. The summed E-state index contributed by atoms with van der Waals surface area (Å²) in [5.41, 5.74) is 18.2. The quantitative estimate of drug-likeness (QED) is 0.0360. The number of nitrogens with two attached hydrogens (primary N) is 3. The van der Waals surface area contributed by atoms with E-state index < -0.39 is 134 Å². The first kappa shape index (κ1) is 52.2. The SMILES string of the molecule is C[C@@H](O)[C@H](NC(=O)[C@@H](NC(=O)[C@@H](N)Cc1ccc(O)cc1)[C@@H](C)O)C(=O)N[C@@H](CCC(N)=O)C(=O)N[C@@H](CO)C(=O)N[C@@H](Cc1c[nH]c2ccccc12)C(=O)N[C@@H](CCC(N)=O)C(=O)O. The number of rotatable bonds is 26. The number of hydrogen-bond donors (Lipinski definition) is 15. The summed E-state index contributed by atoms with van der Waals surface area (Å²) >= 11 is 0. The van der Waals surface area contributed by atoms with Crippen LogP contribution < -0.4 is 49.1 Å². The van der Waals surface area contributed by atoms with E-state index in [-0.39, 0.29) is 25.0 Å². The van der Waals surface area contributed by atoms with Crippen LogP contribution in [0.5, 0.6) is 5.75 Å². The van der Waals surface area contributed by atoms with Gasteiger partial charge in [0, 0.05) is 36.4 Å². The van der Waals surface area contributed by atoms with Gasteiger partial charge in [0.25, 0.3) is 0 Å². The third-order valence-corrected chi connectivity index (χ3v) is 10.0. The van der Waals surface area contributed by atoms with Crippen molar-refractivity contribution in [1.29, 1.82) is 0 Å². The molecule has 0 saturated heterocycles. The lowest BCUT2D eigenvalue weighted by atomic mass is 10.0. The number of nitrogens with one attached hydrogen (secondary N) is 7. The van der Waals surface area contributed by atoms with E-state index in [1.807, 2.05) is 0 Å². The molecule has 0 aliphatic rings. The Morgan fingerprint density at radius 1 is 0.615 bits per heavy atom. The number of aliphatic hydroxyl groups is 3. The summed E-state index contributed by atoms with van der Waals surface area (Å²) in [6.45, 7) is 1.16. The topological polar surface area (TPSA) is 421 Å². The number of primary amides is 2. The summed E-state index contributed by atoms with van der Waals surface area (Å²) < 4.78 is 0. The number of amides is 8. The van der Waals surface area contributed by atoms with Gasteiger partial charge in [-0.15, -0.1) is 0 Å². The largest absolute Gasteiger partial charge is 0.508 e. The van der Waals surface area contributed by atoms with Gasteiger partial charge in [0.1, 0.15) is 42.0 Å². The molecular weight excluding hydrogens is 857 g/mol. The number of para-hydroxylation sites is 1. The molecule has 1 aromatic heterocycles. The molecule has 2 aromatic carbocycles. The number of H-pyrrole nitrogens is 1. The number of benzene rings is 2. The Labute approximate surface area is 371 Å². The highest BCUT2D eigenvalue weighted by Crippen LogP contribution is 2.20. The van der Waals surface area contributed by atoms with E-state index in [2.05, 4.69) is 36.9 Å². The van der Waals surface area contributed by atoms with Crippen molar-refractivity contribution in [1.82, 2.24) is 36.9 Å². The summed E-state index contributed by atoms with van der Waals surface area (Å²) in [4.78, 5) is 119. The number of aromatic nitrogens is 1. The Balaban J connectivity index is 1.79. The van der Waals surface area contributed by atoms with Crippen molar-refractivity contribution in [3.05, 3.63) is 65.9 Å². The van der Waals surface area contributed by atoms with Gasteiger partial charge in [0.15, 0.2) is 0 Å². The maximum atomic E-state index is 13.7. The molecule has 0 saturated carbocycles. The number of aliphatic hydroxyl groups excluding tert-OH is 3. The molecule has 9 atom stereocenters. The fourth-order valence-electron chi connectivity index (χ4n) is 6.39. The number of aliphatic carboxylic acids is 1. The number of carboxylic acid groups (broad SMARTS) is 1. The molecule has 8 amide bonds. The third-order valence-electron chi connectivity index (χ3n) is 10.0. The lowest BCUT2D eigenvalue weighted by molar-refractivity contribution is -0.142. The van der Waals surface area contributed by atoms with Crippen molar-refractivity contribution >= 4 is 64.1 Å². The molecule has 0 aliphatic carbocycles. The van der Waals surface area contributed by atoms with Gasteiger partial charge in [-0.2, -0.15) is 0 Å². The van der Waals surface area contributed by atoms with E-state index >= 15 is 0 Å². The van der Waals surface area contributed by atoms with Gasteiger partial charge >= 0.3 is 5.97 Å². The molecule has 65 heavy (non-hydrogen) atoms. The van der Waals surface area contributed by atoms with Crippen molar-refractivity contribution in [2.45, 2.75) is 107 Å². The van der Waals surface area contributed by atoms with Crippen LogP contribution in [0, 0.1) is 0 Å². The summed E-state index contributed by atoms with van der Waals surface area (Å²) in [6, 6.07) is 1.18. The van der Waals surface area contributed by atoms with Crippen LogP contribution in [-0.4, -0.2) is 145 Å². The maximum absolute atomic E-state index is 13.7. The number of carbonyl (C=O) groups excluding carboxylic acids is 8. The molecule has 354 valence electrons. The molecule has 0 bridgehead atoms. The molecule has 0 fully saturated rings. The number of carbonyl (C=O) groups is 9. The van der Waals surface area contributed by atoms with Crippen molar-refractivity contribution in [3.63, 3.8) is 0 Å². The Hall–Kier alpha value is -7.15. The van der Waals surface area contributed by atoms with E-state index in [0.29, 0.717) is 22.0 Å². The van der Waals surface area contributed by atoms with Gasteiger partial charge in [-0.25, -0.2) is 4.79 Å². The third kappa shape index (κ3) is 16.2. The average Bonchev–Trinajstić information content (AvgIpc) is 3.65. The number of aromatic amines is 1. The molecule has 0 aliphatic heterocycles. The van der Waals surface area contributed by atoms with Gasteiger partial charge in [-0.05, 0) is 62.4 Å². The van der Waals surface area contributed by atoms with Crippen LogP contribution in [0.4, 0.5) is 0 Å². The minimum absolute atomic E-state index is 0.0206. The van der Waals surface area contributed by atoms with E-state index in [0.717, 1.165) is 13.8 Å². The summed E-state index contributed by atoms with van der Waals surface area (Å²) in [5.74, 6) is -9.89. The first-order valence-corrected chi connectivity index (χ1v) is 20.3. The zero-order valence-electron chi connectivity index (χ0n) is 35.5. The highest BCUT2D eigenvalue weighted by atomic mass is 16.4. The van der Waals surface area contributed by atoms with Gasteiger partial charge in [0.05, 0.1) is 24.9 Å². The Morgan fingerprint density at radius 2 is 1.09 bits per heavy atom. The van der Waals surface area contributed by atoms with Crippen molar-refractivity contribution < 1.29 is 68.7 Å². The second-order valence-corrected chi connectivity index (χ2v) is 15.3. The van der Waals surface area contributed by atoms with Crippen LogP contribution in [0.25, 0.3) is 10.9 Å². The van der Waals surface area contributed by atoms with Crippen LogP contribution in [0.2, 0.25) is 0 Å². The lowest BCUT2D eigenvalue weighted by Crippen LogP contribution is -2.63. The lowest BCUT2D eigenvalue weighted by Gasteiger charge is -2.28. The molecule has 1 heterocycles. The summed E-state index contributed by atoms with van der Waals surface area (Å²) in [5, 5.41) is 64.6. The van der Waals surface area contributed by atoms with E-state index in [1.165, 1.54) is 24.3 Å². The number of hydrogen-bond acceptors (Lipinski definition) is 14. The van der Waals surface area contributed by atoms with Crippen LogP contribution in [0.3, 0.4) is 0 Å². The standard InChI is InChI=1S/C41H56N10O14/c1-19(53)33(51-40(63)34(20(2)54)50-35(58)25(42)15-21-7-9-23(55)10-8-21)39(62)46-27(11-13-31(43)56)36(59)49-30(18-52)38(61)48-29(16-22-17-45-26-6-4-3-5-24(22)26)37(60)47-28(41(64)65)12-14-32(44)57/h3-10,17,19-20,25,27-30,33-34,45,52-55H,11-16,18,42H2,1-2H3,(H2,43,56)(H2,44,57)(H,46,62)(H,47,60)(H,48,61)(H,49,59)(H,50,58)(H,51,63)(H,64,65)/t19-,20-,25+,27+,28+,29+,30+,33+,34+/m1/s1. The fraction of sp³-hybridized carbons (Fsp3) is 0.439. The molecular formula is C41H56N10O14. The van der Waals surface area contributed by atoms with E-state index in [4.69, 9.17) is 17.2 Å². The Morgan fingerprint density at radius 3 is 1.65 bits per heavy atom. The van der Waals surface area contributed by atoms with Crippen LogP contribution in [0.15, 0.2) is 54.7 Å². The van der Waals surface area contributed by atoms with Gasteiger partial charge in [-0.1, -0.05) is 30.3 Å². The number of aromatic hydroxyl groups is 1. The zero-order valence-corrected chi connectivity index (χ0v) is 35.5. The van der Waals surface area contributed by atoms with Gasteiger partial charge < -0.3 is 79.6 Å². The second-order valence-electron chi connectivity index (χ2n) is 15.3. The molecule has 24 heteroatoms. The fourth-order valence-corrected chi connectivity index (χ4v) is 6.39. The first-order chi connectivity index (χ1) is 30.6. The molecule has 3 rings (SSSR count). The molecule has 0 radical (unpaired) electrons. The van der Waals surface area contributed by atoms with Crippen molar-refractivity contribution in [3.8, 4) is 5.75 Å². The second kappa shape index (κ2) is 24.6. The molecule has 18 N–H and O–H groups in total. The summed E-state index contributed by atoms with van der Waals surface area (Å²) in [7, 11) is 0. The van der Waals surface area contributed by atoms with Crippen molar-refractivity contribution in [2.75, 3.05) is 6.61 Å². The highest BCUT2D eigenvalue weighted by Gasteiger charge is 2.36. The Bertz CT molecular complexity index is 2180. The van der Waals surface area contributed by atoms with Gasteiger partial charge in [0.2, 0.25) is 47.3 Å². The zero-order chi connectivity index (χ0) is 48.5. The first-order valence-electron chi connectivity index (χ1n) is 20.3.